The first-order valence-corrected chi connectivity index (χ1v) is 6.53. The molecule has 1 aliphatic heterocycles. The SMILES string of the molecule is CSC(C(=O)O)C1CCSCC1. The molecule has 1 rings (SSSR count). The molecule has 0 radical (unpaired) electrons. The number of hydrogen-bond acceptors (Lipinski definition) is 3. The fraction of sp³-hybridized carbons (Fsp3) is 0.875. The van der Waals surface area contributed by atoms with Crippen LogP contribution in [0.25, 0.3) is 0 Å². The van der Waals surface area contributed by atoms with Gasteiger partial charge in [0.25, 0.3) is 0 Å². The molecular formula is C8H14O2S2. The largest absolute Gasteiger partial charge is 0.480 e. The zero-order valence-electron chi connectivity index (χ0n) is 7.16. The van der Waals surface area contributed by atoms with E-state index in [0.29, 0.717) is 5.92 Å². The molecule has 0 aliphatic carbocycles. The van der Waals surface area contributed by atoms with E-state index in [9.17, 15) is 4.79 Å². The highest BCUT2D eigenvalue weighted by atomic mass is 32.2. The minimum Gasteiger partial charge on any atom is -0.480 e. The van der Waals surface area contributed by atoms with E-state index in [1.807, 2.05) is 18.0 Å². The molecule has 2 nitrogen and oxygen atoms in total. The standard InChI is InChI=1S/C8H14O2S2/c1-11-7(8(9)10)6-2-4-12-5-3-6/h6-7H,2-5H2,1H3,(H,9,10). The number of rotatable bonds is 3. The van der Waals surface area contributed by atoms with Gasteiger partial charge < -0.3 is 5.11 Å². The van der Waals surface area contributed by atoms with Gasteiger partial charge in [0, 0.05) is 0 Å². The van der Waals surface area contributed by atoms with Gasteiger partial charge in [-0.05, 0) is 36.5 Å². The van der Waals surface area contributed by atoms with E-state index >= 15 is 0 Å². The minimum absolute atomic E-state index is 0.175. The lowest BCUT2D eigenvalue weighted by molar-refractivity contribution is -0.137. The van der Waals surface area contributed by atoms with Crippen LogP contribution in [-0.4, -0.2) is 34.1 Å². The number of thioether (sulfide) groups is 2. The maximum Gasteiger partial charge on any atom is 0.316 e. The number of carboxylic acids is 1. The lowest BCUT2D eigenvalue weighted by Gasteiger charge is -2.25. The zero-order chi connectivity index (χ0) is 8.97. The van der Waals surface area contributed by atoms with Crippen LogP contribution >= 0.6 is 23.5 Å². The van der Waals surface area contributed by atoms with Gasteiger partial charge in [0.05, 0.1) is 0 Å². The highest BCUT2D eigenvalue weighted by Crippen LogP contribution is 2.30. The first-order valence-electron chi connectivity index (χ1n) is 4.09. The third kappa shape index (κ3) is 2.59. The van der Waals surface area contributed by atoms with Crippen LogP contribution in [0.2, 0.25) is 0 Å². The van der Waals surface area contributed by atoms with Crippen LogP contribution in [-0.2, 0) is 4.79 Å². The van der Waals surface area contributed by atoms with Crippen molar-refractivity contribution in [2.75, 3.05) is 17.8 Å². The minimum atomic E-state index is -0.639. The highest BCUT2D eigenvalue weighted by molar-refractivity contribution is 8.00. The summed E-state index contributed by atoms with van der Waals surface area (Å²) in [5.74, 6) is 2.03. The normalized spacial score (nSPS) is 22.1. The molecule has 0 aromatic carbocycles. The molecule has 70 valence electrons. The Morgan fingerprint density at radius 3 is 2.58 bits per heavy atom. The van der Waals surface area contributed by atoms with Crippen LogP contribution in [0, 0.1) is 5.92 Å². The Balaban J connectivity index is 2.46. The molecule has 0 bridgehead atoms. The molecule has 0 amide bonds. The van der Waals surface area contributed by atoms with Crippen LogP contribution in [0.3, 0.4) is 0 Å². The number of hydrogen-bond donors (Lipinski definition) is 1. The van der Waals surface area contributed by atoms with E-state index in [1.165, 1.54) is 11.8 Å². The van der Waals surface area contributed by atoms with E-state index < -0.39 is 5.97 Å². The van der Waals surface area contributed by atoms with Crippen molar-refractivity contribution in [1.29, 1.82) is 0 Å². The quantitative estimate of drug-likeness (QED) is 0.766. The fourth-order valence-electron chi connectivity index (χ4n) is 1.51. The summed E-state index contributed by atoms with van der Waals surface area (Å²) in [4.78, 5) is 10.8. The van der Waals surface area contributed by atoms with Crippen LogP contribution in [0.1, 0.15) is 12.8 Å². The smallest absolute Gasteiger partial charge is 0.316 e. The van der Waals surface area contributed by atoms with Gasteiger partial charge in [0.15, 0.2) is 0 Å². The lowest BCUT2D eigenvalue weighted by Crippen LogP contribution is -2.29. The summed E-state index contributed by atoms with van der Waals surface area (Å²) in [6.07, 6.45) is 4.03. The number of aliphatic carboxylic acids is 1. The Bertz CT molecular complexity index is 155. The second-order valence-electron chi connectivity index (χ2n) is 2.94. The molecule has 1 N–H and O–H groups in total. The van der Waals surface area contributed by atoms with Gasteiger partial charge in [-0.25, -0.2) is 0 Å². The van der Waals surface area contributed by atoms with Crippen molar-refractivity contribution < 1.29 is 9.90 Å². The molecule has 0 aromatic heterocycles. The molecule has 4 heteroatoms. The second-order valence-corrected chi connectivity index (χ2v) is 5.15. The fourth-order valence-corrected chi connectivity index (χ4v) is 3.52. The molecule has 1 saturated heterocycles. The van der Waals surface area contributed by atoms with Crippen molar-refractivity contribution in [2.24, 2.45) is 5.92 Å². The summed E-state index contributed by atoms with van der Waals surface area (Å²) < 4.78 is 0. The van der Waals surface area contributed by atoms with Crippen LogP contribution < -0.4 is 0 Å². The van der Waals surface area contributed by atoms with Crippen molar-refractivity contribution in [3.8, 4) is 0 Å². The van der Waals surface area contributed by atoms with Gasteiger partial charge in [-0.3, -0.25) is 4.79 Å². The summed E-state index contributed by atoms with van der Waals surface area (Å²) in [5, 5.41) is 8.72. The van der Waals surface area contributed by atoms with Crippen LogP contribution in [0.4, 0.5) is 0 Å². The molecule has 1 fully saturated rings. The second kappa shape index (κ2) is 5.02. The third-order valence-corrected chi connectivity index (χ3v) is 4.33. The first kappa shape index (κ1) is 10.3. The van der Waals surface area contributed by atoms with Crippen molar-refractivity contribution in [3.63, 3.8) is 0 Å². The van der Waals surface area contributed by atoms with Gasteiger partial charge in [-0.15, -0.1) is 11.8 Å². The monoisotopic (exact) mass is 206 g/mol. The maximum absolute atomic E-state index is 10.8. The van der Waals surface area contributed by atoms with E-state index in [2.05, 4.69) is 0 Å². The zero-order valence-corrected chi connectivity index (χ0v) is 8.79. The molecule has 1 atom stereocenters. The topological polar surface area (TPSA) is 37.3 Å². The van der Waals surface area contributed by atoms with E-state index in [-0.39, 0.29) is 5.25 Å². The van der Waals surface area contributed by atoms with Crippen molar-refractivity contribution in [2.45, 2.75) is 18.1 Å². The molecule has 1 unspecified atom stereocenters. The summed E-state index contributed by atoms with van der Waals surface area (Å²) in [6.45, 7) is 0. The van der Waals surface area contributed by atoms with Crippen molar-refractivity contribution in [3.05, 3.63) is 0 Å². The third-order valence-electron chi connectivity index (χ3n) is 2.19. The Kier molecular flexibility index (Phi) is 4.29. The van der Waals surface area contributed by atoms with Crippen molar-refractivity contribution in [1.82, 2.24) is 0 Å². The average Bonchev–Trinajstić information content (AvgIpc) is 2.07. The van der Waals surface area contributed by atoms with E-state index in [4.69, 9.17) is 5.11 Å². The Labute approximate surface area is 81.5 Å². The predicted molar refractivity (Wildman–Crippen MR) is 55.0 cm³/mol. The molecular weight excluding hydrogens is 192 g/mol. The highest BCUT2D eigenvalue weighted by Gasteiger charge is 2.28. The molecule has 0 aromatic rings. The number of carboxylic acid groups (broad SMARTS) is 1. The summed E-state index contributed by atoms with van der Waals surface area (Å²) >= 11 is 3.41. The van der Waals surface area contributed by atoms with Crippen LogP contribution in [0.15, 0.2) is 0 Å². The van der Waals surface area contributed by atoms with Gasteiger partial charge in [-0.1, -0.05) is 0 Å². The Morgan fingerprint density at radius 1 is 1.58 bits per heavy atom. The molecule has 1 aliphatic rings. The molecule has 12 heavy (non-hydrogen) atoms. The van der Waals surface area contributed by atoms with E-state index in [1.54, 1.807) is 0 Å². The molecule has 0 spiro atoms. The van der Waals surface area contributed by atoms with Crippen LogP contribution in [0.5, 0.6) is 0 Å². The molecule has 0 saturated carbocycles. The first-order chi connectivity index (χ1) is 5.75. The average molecular weight is 206 g/mol. The van der Waals surface area contributed by atoms with Gasteiger partial charge in [0.1, 0.15) is 5.25 Å². The lowest BCUT2D eigenvalue weighted by atomic mass is 9.98. The summed E-state index contributed by atoms with van der Waals surface area (Å²) in [5.41, 5.74) is 0. The predicted octanol–water partition coefficient (Wildman–Crippen LogP) is 1.95. The number of carbonyl (C=O) groups is 1. The summed E-state index contributed by atoms with van der Waals surface area (Å²) in [6, 6.07) is 0. The van der Waals surface area contributed by atoms with E-state index in [0.717, 1.165) is 24.3 Å². The molecule has 1 heterocycles. The van der Waals surface area contributed by atoms with Crippen molar-refractivity contribution >= 4 is 29.5 Å². The summed E-state index contributed by atoms with van der Waals surface area (Å²) in [7, 11) is 0. The van der Waals surface area contributed by atoms with Gasteiger partial charge in [-0.2, -0.15) is 11.8 Å². The van der Waals surface area contributed by atoms with Gasteiger partial charge in [0.2, 0.25) is 0 Å². The maximum atomic E-state index is 10.8. The van der Waals surface area contributed by atoms with Gasteiger partial charge >= 0.3 is 5.97 Å². The Morgan fingerprint density at radius 2 is 2.17 bits per heavy atom. The Hall–Kier alpha value is 0.170.